The maximum atomic E-state index is 11.8. The van der Waals surface area contributed by atoms with Crippen LogP contribution in [0, 0.1) is 5.92 Å². The van der Waals surface area contributed by atoms with Gasteiger partial charge in [-0.2, -0.15) is 0 Å². The van der Waals surface area contributed by atoms with Crippen LogP contribution in [-0.4, -0.2) is 24.5 Å². The first-order valence-corrected chi connectivity index (χ1v) is 6.84. The van der Waals surface area contributed by atoms with Gasteiger partial charge < -0.3 is 16.0 Å². The second-order valence-corrected chi connectivity index (χ2v) is 5.43. The zero-order valence-electron chi connectivity index (χ0n) is 12.5. The summed E-state index contributed by atoms with van der Waals surface area (Å²) in [5.74, 6) is 0.290. The maximum absolute atomic E-state index is 11.8. The molecule has 110 valence electrons. The lowest BCUT2D eigenvalue weighted by Gasteiger charge is -2.11. The van der Waals surface area contributed by atoms with E-state index in [1.54, 1.807) is 24.3 Å². The van der Waals surface area contributed by atoms with Crippen LogP contribution in [0.15, 0.2) is 24.3 Å². The van der Waals surface area contributed by atoms with E-state index >= 15 is 0 Å². The van der Waals surface area contributed by atoms with Gasteiger partial charge in [0, 0.05) is 23.8 Å². The van der Waals surface area contributed by atoms with E-state index in [-0.39, 0.29) is 18.0 Å². The third kappa shape index (κ3) is 5.73. The number of hydrogen-bond donors (Lipinski definition) is 3. The number of nitrogens with one attached hydrogen (secondary N) is 3. The Kier molecular flexibility index (Phi) is 6.03. The summed E-state index contributed by atoms with van der Waals surface area (Å²) in [6.07, 6.45) is 0. The van der Waals surface area contributed by atoms with Crippen LogP contribution < -0.4 is 16.0 Å². The van der Waals surface area contributed by atoms with Gasteiger partial charge in [0.15, 0.2) is 0 Å². The Balaban J connectivity index is 2.54. The highest BCUT2D eigenvalue weighted by atomic mass is 16.2. The summed E-state index contributed by atoms with van der Waals surface area (Å²) in [5, 5.41) is 8.30. The number of benzene rings is 1. The van der Waals surface area contributed by atoms with Gasteiger partial charge in [-0.25, -0.2) is 4.79 Å². The van der Waals surface area contributed by atoms with Crippen molar-refractivity contribution in [2.45, 2.75) is 33.7 Å². The van der Waals surface area contributed by atoms with E-state index in [2.05, 4.69) is 16.0 Å². The van der Waals surface area contributed by atoms with Crippen molar-refractivity contribution < 1.29 is 9.59 Å². The van der Waals surface area contributed by atoms with Gasteiger partial charge in [0.1, 0.15) is 0 Å². The van der Waals surface area contributed by atoms with Crippen LogP contribution in [0.3, 0.4) is 0 Å². The Morgan fingerprint density at radius 3 is 2.15 bits per heavy atom. The average molecular weight is 277 g/mol. The first-order chi connectivity index (χ1) is 9.38. The lowest BCUT2D eigenvalue weighted by molar-refractivity contribution is 0.0943. The highest BCUT2D eigenvalue weighted by Gasteiger charge is 2.07. The highest BCUT2D eigenvalue weighted by Crippen LogP contribution is 2.09. The largest absolute Gasteiger partial charge is 0.350 e. The molecule has 0 saturated heterocycles. The first kappa shape index (κ1) is 16.0. The van der Waals surface area contributed by atoms with Gasteiger partial charge in [0.25, 0.3) is 5.91 Å². The quantitative estimate of drug-likeness (QED) is 0.774. The minimum atomic E-state index is -0.238. The predicted molar refractivity (Wildman–Crippen MR) is 80.9 cm³/mol. The lowest BCUT2D eigenvalue weighted by atomic mass is 10.2. The number of anilines is 1. The van der Waals surface area contributed by atoms with Gasteiger partial charge in [0.05, 0.1) is 0 Å². The van der Waals surface area contributed by atoms with Crippen molar-refractivity contribution in [1.82, 2.24) is 10.6 Å². The number of carbonyl (C=O) groups is 2. The summed E-state index contributed by atoms with van der Waals surface area (Å²) in [5.41, 5.74) is 1.24. The summed E-state index contributed by atoms with van der Waals surface area (Å²) in [4.78, 5) is 23.3. The molecular formula is C15H23N3O2. The first-order valence-electron chi connectivity index (χ1n) is 6.84. The van der Waals surface area contributed by atoms with Gasteiger partial charge in [-0.3, -0.25) is 4.79 Å². The molecule has 0 heterocycles. The van der Waals surface area contributed by atoms with Crippen molar-refractivity contribution in [3.05, 3.63) is 29.8 Å². The molecule has 0 fully saturated rings. The molecule has 0 bridgehead atoms. The van der Waals surface area contributed by atoms with E-state index < -0.39 is 0 Å². The number of carbonyl (C=O) groups excluding carboxylic acids is 2. The fraction of sp³-hybridized carbons (Fsp3) is 0.467. The van der Waals surface area contributed by atoms with E-state index in [1.807, 2.05) is 27.7 Å². The second-order valence-electron chi connectivity index (χ2n) is 5.43. The molecule has 3 N–H and O–H groups in total. The number of hydrogen-bond acceptors (Lipinski definition) is 2. The molecule has 1 rings (SSSR count). The molecule has 0 saturated carbocycles. The third-order valence-electron chi connectivity index (χ3n) is 2.50. The number of rotatable bonds is 5. The zero-order valence-corrected chi connectivity index (χ0v) is 12.5. The van der Waals surface area contributed by atoms with Crippen molar-refractivity contribution in [3.63, 3.8) is 0 Å². The SMILES string of the molecule is CC(C)CNC(=O)Nc1ccc(C(=O)NC(C)C)cc1. The van der Waals surface area contributed by atoms with E-state index in [9.17, 15) is 9.59 Å². The summed E-state index contributed by atoms with van der Waals surface area (Å²) >= 11 is 0. The number of amides is 3. The van der Waals surface area contributed by atoms with Crippen LogP contribution in [0.25, 0.3) is 0 Å². The van der Waals surface area contributed by atoms with Gasteiger partial charge in [-0.15, -0.1) is 0 Å². The van der Waals surface area contributed by atoms with Gasteiger partial charge in [-0.1, -0.05) is 13.8 Å². The summed E-state index contributed by atoms with van der Waals surface area (Å²) < 4.78 is 0. The molecule has 1 aromatic rings. The lowest BCUT2D eigenvalue weighted by Crippen LogP contribution is -2.31. The molecule has 5 heteroatoms. The molecule has 0 aliphatic heterocycles. The third-order valence-corrected chi connectivity index (χ3v) is 2.50. The molecule has 0 aromatic heterocycles. The van der Waals surface area contributed by atoms with E-state index in [0.717, 1.165) is 0 Å². The molecule has 0 radical (unpaired) electrons. The zero-order chi connectivity index (χ0) is 15.1. The van der Waals surface area contributed by atoms with Crippen LogP contribution >= 0.6 is 0 Å². The Bertz CT molecular complexity index is 453. The van der Waals surface area contributed by atoms with E-state index in [4.69, 9.17) is 0 Å². The molecule has 0 spiro atoms. The topological polar surface area (TPSA) is 70.2 Å². The van der Waals surface area contributed by atoms with Crippen molar-refractivity contribution in [2.75, 3.05) is 11.9 Å². The van der Waals surface area contributed by atoms with Gasteiger partial charge in [0.2, 0.25) is 0 Å². The van der Waals surface area contributed by atoms with Crippen molar-refractivity contribution >= 4 is 17.6 Å². The van der Waals surface area contributed by atoms with Gasteiger partial charge in [-0.05, 0) is 44.0 Å². The maximum Gasteiger partial charge on any atom is 0.319 e. The Labute approximate surface area is 120 Å². The fourth-order valence-electron chi connectivity index (χ4n) is 1.52. The smallest absolute Gasteiger partial charge is 0.319 e. The fourth-order valence-corrected chi connectivity index (χ4v) is 1.52. The molecule has 0 aliphatic rings. The minimum absolute atomic E-state index is 0.0992. The van der Waals surface area contributed by atoms with Crippen LogP contribution in [0.1, 0.15) is 38.1 Å². The van der Waals surface area contributed by atoms with Crippen molar-refractivity contribution in [3.8, 4) is 0 Å². The van der Waals surface area contributed by atoms with Crippen LogP contribution in [0.2, 0.25) is 0 Å². The van der Waals surface area contributed by atoms with Crippen molar-refractivity contribution in [2.24, 2.45) is 5.92 Å². The Hall–Kier alpha value is -2.04. The Morgan fingerprint density at radius 2 is 1.65 bits per heavy atom. The summed E-state index contributed by atoms with van der Waals surface area (Å²) in [7, 11) is 0. The normalized spacial score (nSPS) is 10.5. The van der Waals surface area contributed by atoms with Gasteiger partial charge >= 0.3 is 6.03 Å². The highest BCUT2D eigenvalue weighted by molar-refractivity contribution is 5.95. The molecule has 0 atom stereocenters. The predicted octanol–water partition coefficient (Wildman–Crippen LogP) is 2.60. The summed E-state index contributed by atoms with van der Waals surface area (Å²) in [6, 6.07) is 6.67. The Morgan fingerprint density at radius 1 is 1.05 bits per heavy atom. The molecule has 5 nitrogen and oxygen atoms in total. The second kappa shape index (κ2) is 7.53. The molecule has 0 unspecified atom stereocenters. The molecule has 20 heavy (non-hydrogen) atoms. The van der Waals surface area contributed by atoms with Crippen LogP contribution in [0.5, 0.6) is 0 Å². The minimum Gasteiger partial charge on any atom is -0.350 e. The number of urea groups is 1. The standard InChI is InChI=1S/C15H23N3O2/c1-10(2)9-16-15(20)18-13-7-5-12(6-8-13)14(19)17-11(3)4/h5-8,10-11H,9H2,1-4H3,(H,17,19)(H2,16,18,20). The molecular weight excluding hydrogens is 254 g/mol. The summed E-state index contributed by atoms with van der Waals surface area (Å²) in [6.45, 7) is 8.51. The molecule has 3 amide bonds. The van der Waals surface area contributed by atoms with Crippen molar-refractivity contribution in [1.29, 1.82) is 0 Å². The molecule has 1 aromatic carbocycles. The molecule has 0 aliphatic carbocycles. The average Bonchev–Trinajstić information content (AvgIpc) is 2.36. The monoisotopic (exact) mass is 277 g/mol. The van der Waals surface area contributed by atoms with E-state index in [1.165, 1.54) is 0 Å². The van der Waals surface area contributed by atoms with Crippen LogP contribution in [0.4, 0.5) is 10.5 Å². The van der Waals surface area contributed by atoms with Crippen LogP contribution in [-0.2, 0) is 0 Å². The van der Waals surface area contributed by atoms with E-state index in [0.29, 0.717) is 23.7 Å².